The van der Waals surface area contributed by atoms with E-state index in [1.54, 1.807) is 29.8 Å². The second kappa shape index (κ2) is 6.24. The Kier molecular flexibility index (Phi) is 3.93. The van der Waals surface area contributed by atoms with Gasteiger partial charge in [-0.15, -0.1) is 11.3 Å². The van der Waals surface area contributed by atoms with Crippen LogP contribution in [0.2, 0.25) is 0 Å². The topological polar surface area (TPSA) is 70.5 Å². The van der Waals surface area contributed by atoms with Crippen LogP contribution in [0, 0.1) is 0 Å². The Labute approximate surface area is 142 Å². The minimum atomic E-state index is -0.118. The van der Waals surface area contributed by atoms with Crippen LogP contribution in [-0.4, -0.2) is 31.7 Å². The summed E-state index contributed by atoms with van der Waals surface area (Å²) in [6.45, 7) is 0.733. The van der Waals surface area contributed by atoms with Crippen LogP contribution in [-0.2, 0) is 11.2 Å². The molecule has 3 aromatic rings. The van der Waals surface area contributed by atoms with Gasteiger partial charge in [-0.3, -0.25) is 14.0 Å². The number of H-pyrrole nitrogens is 1. The predicted molar refractivity (Wildman–Crippen MR) is 92.1 cm³/mol. The van der Waals surface area contributed by atoms with Crippen LogP contribution in [0.4, 0.5) is 0 Å². The molecule has 4 rings (SSSR count). The molecule has 124 valence electrons. The molecule has 1 amide bonds. The first-order valence-electron chi connectivity index (χ1n) is 8.10. The highest BCUT2D eigenvalue weighted by molar-refractivity contribution is 7.10. The van der Waals surface area contributed by atoms with E-state index >= 15 is 0 Å². The SMILES string of the molecule is O=C(Cc1cccs1)N1CCCC[C@H]1c1cc(=O)n2ccnc2[nH]1. The van der Waals surface area contributed by atoms with E-state index in [1.807, 2.05) is 22.4 Å². The monoisotopic (exact) mass is 342 g/mol. The average molecular weight is 342 g/mol. The third-order valence-corrected chi connectivity index (χ3v) is 5.38. The lowest BCUT2D eigenvalue weighted by Gasteiger charge is -2.35. The van der Waals surface area contributed by atoms with E-state index in [9.17, 15) is 9.59 Å². The van der Waals surface area contributed by atoms with Crippen LogP contribution >= 0.6 is 11.3 Å². The Morgan fingerprint density at radius 2 is 2.33 bits per heavy atom. The quantitative estimate of drug-likeness (QED) is 0.794. The Morgan fingerprint density at radius 1 is 1.42 bits per heavy atom. The number of amides is 1. The third-order valence-electron chi connectivity index (χ3n) is 4.50. The number of piperidine rings is 1. The van der Waals surface area contributed by atoms with Gasteiger partial charge in [-0.2, -0.15) is 0 Å². The molecule has 7 heteroatoms. The van der Waals surface area contributed by atoms with Crippen molar-refractivity contribution in [1.82, 2.24) is 19.3 Å². The van der Waals surface area contributed by atoms with Crippen molar-refractivity contribution in [3.63, 3.8) is 0 Å². The van der Waals surface area contributed by atoms with Gasteiger partial charge in [0.2, 0.25) is 11.7 Å². The Bertz CT molecular complexity index is 912. The number of carbonyl (C=O) groups excluding carboxylic acids is 1. The molecule has 1 atom stereocenters. The minimum absolute atomic E-state index is 0.0828. The number of likely N-dealkylation sites (tertiary alicyclic amines) is 1. The highest BCUT2D eigenvalue weighted by Crippen LogP contribution is 2.30. The molecular weight excluding hydrogens is 324 g/mol. The summed E-state index contributed by atoms with van der Waals surface area (Å²) < 4.78 is 1.48. The van der Waals surface area contributed by atoms with Crippen LogP contribution in [0.3, 0.4) is 0 Å². The van der Waals surface area contributed by atoms with Gasteiger partial charge in [0.25, 0.3) is 5.56 Å². The number of rotatable bonds is 3. The molecule has 0 radical (unpaired) electrons. The van der Waals surface area contributed by atoms with E-state index in [-0.39, 0.29) is 17.5 Å². The fourth-order valence-electron chi connectivity index (χ4n) is 3.34. The van der Waals surface area contributed by atoms with E-state index in [1.165, 1.54) is 4.40 Å². The van der Waals surface area contributed by atoms with Crippen molar-refractivity contribution in [3.05, 3.63) is 56.9 Å². The van der Waals surface area contributed by atoms with Crippen molar-refractivity contribution in [3.8, 4) is 0 Å². The van der Waals surface area contributed by atoms with Crippen molar-refractivity contribution >= 4 is 23.0 Å². The first-order valence-corrected chi connectivity index (χ1v) is 8.98. The molecule has 0 aliphatic carbocycles. The minimum Gasteiger partial charge on any atom is -0.334 e. The Morgan fingerprint density at radius 3 is 3.17 bits per heavy atom. The lowest BCUT2D eigenvalue weighted by atomic mass is 9.98. The largest absolute Gasteiger partial charge is 0.334 e. The van der Waals surface area contributed by atoms with Gasteiger partial charge in [0, 0.05) is 35.6 Å². The number of hydrogen-bond donors (Lipinski definition) is 1. The number of carbonyl (C=O) groups is 1. The predicted octanol–water partition coefficient (Wildman–Crippen LogP) is 2.38. The number of fused-ring (bicyclic) bond motifs is 1. The van der Waals surface area contributed by atoms with Crippen molar-refractivity contribution in [1.29, 1.82) is 0 Å². The fourth-order valence-corrected chi connectivity index (χ4v) is 4.03. The summed E-state index contributed by atoms with van der Waals surface area (Å²) >= 11 is 1.60. The first kappa shape index (κ1) is 15.1. The molecule has 6 nitrogen and oxygen atoms in total. The maximum atomic E-state index is 12.8. The smallest absolute Gasteiger partial charge is 0.259 e. The standard InChI is InChI=1S/C17H18N4O2S/c22-15(10-12-4-3-9-24-12)20-7-2-1-5-14(20)13-11-16(23)21-8-6-18-17(21)19-13/h3-4,6,8-9,11,14H,1-2,5,7,10H2,(H,18,19)/t14-/m0/s1. The molecule has 0 unspecified atom stereocenters. The number of hydrogen-bond acceptors (Lipinski definition) is 4. The van der Waals surface area contributed by atoms with Crippen molar-refractivity contribution in [2.45, 2.75) is 31.7 Å². The number of aromatic nitrogens is 3. The van der Waals surface area contributed by atoms with Gasteiger partial charge >= 0.3 is 0 Å². The molecule has 3 aromatic heterocycles. The van der Waals surface area contributed by atoms with Crippen molar-refractivity contribution < 1.29 is 4.79 Å². The molecule has 24 heavy (non-hydrogen) atoms. The lowest BCUT2D eigenvalue weighted by Crippen LogP contribution is -2.40. The summed E-state index contributed by atoms with van der Waals surface area (Å²) in [5, 5.41) is 1.99. The lowest BCUT2D eigenvalue weighted by molar-refractivity contribution is -0.134. The number of aromatic amines is 1. The van der Waals surface area contributed by atoms with Gasteiger partial charge in [-0.1, -0.05) is 6.07 Å². The molecule has 0 saturated carbocycles. The van der Waals surface area contributed by atoms with E-state index in [4.69, 9.17) is 0 Å². The molecule has 1 aliphatic heterocycles. The van der Waals surface area contributed by atoms with Crippen LogP contribution in [0.1, 0.15) is 35.9 Å². The summed E-state index contributed by atoms with van der Waals surface area (Å²) in [5.41, 5.74) is 0.658. The van der Waals surface area contributed by atoms with E-state index in [2.05, 4.69) is 9.97 Å². The number of thiophene rings is 1. The maximum absolute atomic E-state index is 12.8. The van der Waals surface area contributed by atoms with Crippen LogP contribution in [0.15, 0.2) is 40.8 Å². The number of nitrogens with one attached hydrogen (secondary N) is 1. The first-order chi connectivity index (χ1) is 11.7. The number of nitrogens with zero attached hydrogens (tertiary/aromatic N) is 3. The van der Waals surface area contributed by atoms with Gasteiger partial charge in [-0.05, 0) is 30.7 Å². The molecule has 1 saturated heterocycles. The molecule has 0 bridgehead atoms. The third kappa shape index (κ3) is 2.75. The summed E-state index contributed by atoms with van der Waals surface area (Å²) in [6, 6.07) is 5.46. The van der Waals surface area contributed by atoms with Gasteiger partial charge in [0.1, 0.15) is 0 Å². The second-order valence-corrected chi connectivity index (χ2v) is 7.07. The van der Waals surface area contributed by atoms with E-state index < -0.39 is 0 Å². The van der Waals surface area contributed by atoms with Gasteiger partial charge in [-0.25, -0.2) is 4.98 Å². The molecule has 1 aliphatic rings. The normalized spacial score (nSPS) is 18.2. The van der Waals surface area contributed by atoms with Crippen LogP contribution in [0.5, 0.6) is 0 Å². The maximum Gasteiger partial charge on any atom is 0.259 e. The zero-order chi connectivity index (χ0) is 16.5. The van der Waals surface area contributed by atoms with E-state index in [0.717, 1.165) is 36.4 Å². The van der Waals surface area contributed by atoms with Gasteiger partial charge < -0.3 is 9.88 Å². The summed E-state index contributed by atoms with van der Waals surface area (Å²) in [7, 11) is 0. The Balaban J connectivity index is 1.65. The molecule has 4 heterocycles. The fraction of sp³-hybridized carbons (Fsp3) is 0.353. The Hall–Kier alpha value is -2.41. The highest BCUT2D eigenvalue weighted by Gasteiger charge is 2.29. The zero-order valence-electron chi connectivity index (χ0n) is 13.1. The van der Waals surface area contributed by atoms with Crippen LogP contribution in [0.25, 0.3) is 5.78 Å². The average Bonchev–Trinajstić information content (AvgIpc) is 3.26. The molecule has 0 aromatic carbocycles. The van der Waals surface area contributed by atoms with Crippen molar-refractivity contribution in [2.24, 2.45) is 0 Å². The zero-order valence-corrected chi connectivity index (χ0v) is 14.0. The summed E-state index contributed by atoms with van der Waals surface area (Å²) in [4.78, 5) is 35.4. The molecule has 1 fully saturated rings. The summed E-state index contributed by atoms with van der Waals surface area (Å²) in [6.07, 6.45) is 6.57. The van der Waals surface area contributed by atoms with E-state index in [0.29, 0.717) is 12.2 Å². The van der Waals surface area contributed by atoms with Gasteiger partial charge in [0.15, 0.2) is 0 Å². The van der Waals surface area contributed by atoms with Crippen molar-refractivity contribution in [2.75, 3.05) is 6.54 Å². The number of imidazole rings is 1. The summed E-state index contributed by atoms with van der Waals surface area (Å²) in [5.74, 6) is 0.639. The molecule has 0 spiro atoms. The molecule has 1 N–H and O–H groups in total. The van der Waals surface area contributed by atoms with Gasteiger partial charge in [0.05, 0.1) is 12.5 Å². The van der Waals surface area contributed by atoms with Crippen LogP contribution < -0.4 is 5.56 Å². The highest BCUT2D eigenvalue weighted by atomic mass is 32.1. The second-order valence-electron chi connectivity index (χ2n) is 6.04. The molecular formula is C17H18N4O2S.